The van der Waals surface area contributed by atoms with E-state index in [0.29, 0.717) is 19.6 Å². The van der Waals surface area contributed by atoms with Crippen LogP contribution >= 0.6 is 24.2 Å². The number of hydrogen-bond donors (Lipinski definition) is 1. The van der Waals surface area contributed by atoms with E-state index >= 15 is 0 Å². The van der Waals surface area contributed by atoms with Crippen LogP contribution in [0.4, 0.5) is 0 Å². The summed E-state index contributed by atoms with van der Waals surface area (Å²) in [7, 11) is 0. The molecule has 0 fully saturated rings. The van der Waals surface area contributed by atoms with Gasteiger partial charge < -0.3 is 10.6 Å². The standard InChI is InChI=1S/C20H26N2OS.ClH/c1-2-24-16-18-8-10-19(11-9-18)20(23)22(15-13-21)14-12-17-6-4-3-5-7-17;/h3-11H,2,12-16,21H2,1H3;1H. The highest BCUT2D eigenvalue weighted by Gasteiger charge is 2.15. The molecule has 136 valence electrons. The lowest BCUT2D eigenvalue weighted by molar-refractivity contribution is 0.0762. The normalized spacial score (nSPS) is 10.2. The molecule has 0 saturated heterocycles. The molecular formula is C20H27ClN2OS. The molecule has 0 bridgehead atoms. The molecule has 0 radical (unpaired) electrons. The molecule has 1 amide bonds. The fourth-order valence-electron chi connectivity index (χ4n) is 2.53. The Kier molecular flexibility index (Phi) is 10.3. The quantitative estimate of drug-likeness (QED) is 0.717. The molecule has 2 aromatic rings. The average molecular weight is 379 g/mol. The van der Waals surface area contributed by atoms with Gasteiger partial charge in [0.15, 0.2) is 0 Å². The summed E-state index contributed by atoms with van der Waals surface area (Å²) < 4.78 is 0. The van der Waals surface area contributed by atoms with Crippen LogP contribution < -0.4 is 5.73 Å². The number of nitrogens with zero attached hydrogens (tertiary/aromatic N) is 1. The van der Waals surface area contributed by atoms with E-state index in [9.17, 15) is 4.79 Å². The maximum absolute atomic E-state index is 12.7. The Balaban J connectivity index is 0.00000312. The number of amides is 1. The molecule has 0 atom stereocenters. The molecule has 0 aliphatic carbocycles. The van der Waals surface area contributed by atoms with Crippen molar-refractivity contribution < 1.29 is 4.79 Å². The highest BCUT2D eigenvalue weighted by atomic mass is 35.5. The van der Waals surface area contributed by atoms with Gasteiger partial charge in [-0.05, 0) is 35.4 Å². The lowest BCUT2D eigenvalue weighted by Crippen LogP contribution is -2.36. The van der Waals surface area contributed by atoms with Crippen LogP contribution in [0, 0.1) is 0 Å². The summed E-state index contributed by atoms with van der Waals surface area (Å²) in [5.74, 6) is 2.15. The summed E-state index contributed by atoms with van der Waals surface area (Å²) in [6.07, 6.45) is 0.845. The van der Waals surface area contributed by atoms with Crippen LogP contribution in [-0.4, -0.2) is 36.2 Å². The van der Waals surface area contributed by atoms with E-state index < -0.39 is 0 Å². The van der Waals surface area contributed by atoms with Gasteiger partial charge in [-0.15, -0.1) is 12.4 Å². The van der Waals surface area contributed by atoms with Crippen molar-refractivity contribution in [1.29, 1.82) is 0 Å². The van der Waals surface area contributed by atoms with E-state index in [1.54, 1.807) is 0 Å². The first-order chi connectivity index (χ1) is 11.7. The first-order valence-corrected chi connectivity index (χ1v) is 9.60. The minimum Gasteiger partial charge on any atom is -0.337 e. The van der Waals surface area contributed by atoms with Crippen LogP contribution in [0.25, 0.3) is 0 Å². The zero-order chi connectivity index (χ0) is 17.2. The number of hydrogen-bond acceptors (Lipinski definition) is 3. The Morgan fingerprint density at radius 2 is 1.68 bits per heavy atom. The highest BCUT2D eigenvalue weighted by molar-refractivity contribution is 7.98. The van der Waals surface area contributed by atoms with Crippen LogP contribution in [-0.2, 0) is 12.2 Å². The number of benzene rings is 2. The number of carbonyl (C=O) groups excluding carboxylic acids is 1. The van der Waals surface area contributed by atoms with E-state index in [0.717, 1.165) is 23.5 Å². The predicted molar refractivity (Wildman–Crippen MR) is 111 cm³/mol. The molecule has 0 heterocycles. The molecule has 0 unspecified atom stereocenters. The second-order valence-electron chi connectivity index (χ2n) is 5.65. The van der Waals surface area contributed by atoms with Crippen molar-refractivity contribution in [2.24, 2.45) is 5.73 Å². The molecule has 2 rings (SSSR count). The van der Waals surface area contributed by atoms with Crippen molar-refractivity contribution in [2.45, 2.75) is 19.1 Å². The Labute approximate surface area is 161 Å². The third-order valence-electron chi connectivity index (χ3n) is 3.87. The summed E-state index contributed by atoms with van der Waals surface area (Å²) in [5, 5.41) is 0. The number of nitrogens with two attached hydrogens (primary N) is 1. The van der Waals surface area contributed by atoms with Gasteiger partial charge in [-0.3, -0.25) is 4.79 Å². The van der Waals surface area contributed by atoms with Crippen LogP contribution in [0.2, 0.25) is 0 Å². The van der Waals surface area contributed by atoms with E-state index in [-0.39, 0.29) is 18.3 Å². The van der Waals surface area contributed by atoms with Crippen LogP contribution in [0.1, 0.15) is 28.4 Å². The second-order valence-corrected chi connectivity index (χ2v) is 6.92. The van der Waals surface area contributed by atoms with Crippen LogP contribution in [0.3, 0.4) is 0 Å². The number of halogens is 1. The molecule has 0 aliphatic rings. The van der Waals surface area contributed by atoms with E-state index in [4.69, 9.17) is 5.73 Å². The predicted octanol–water partition coefficient (Wildman–Crippen LogP) is 4.01. The Bertz CT molecular complexity index is 619. The van der Waals surface area contributed by atoms with Crippen molar-refractivity contribution in [1.82, 2.24) is 4.90 Å². The Morgan fingerprint density at radius 1 is 1.00 bits per heavy atom. The van der Waals surface area contributed by atoms with Gasteiger partial charge in [-0.1, -0.05) is 49.4 Å². The van der Waals surface area contributed by atoms with Crippen LogP contribution in [0.5, 0.6) is 0 Å². The fraction of sp³-hybridized carbons (Fsp3) is 0.350. The second kappa shape index (κ2) is 12.0. The monoisotopic (exact) mass is 378 g/mol. The maximum atomic E-state index is 12.7. The summed E-state index contributed by atoms with van der Waals surface area (Å²) in [5.41, 5.74) is 8.93. The first kappa shape index (κ1) is 21.6. The van der Waals surface area contributed by atoms with Crippen molar-refractivity contribution in [3.8, 4) is 0 Å². The third kappa shape index (κ3) is 7.10. The third-order valence-corrected chi connectivity index (χ3v) is 4.82. The number of thioether (sulfide) groups is 1. The molecule has 0 saturated carbocycles. The summed E-state index contributed by atoms with van der Waals surface area (Å²) in [4.78, 5) is 14.6. The van der Waals surface area contributed by atoms with Gasteiger partial charge in [0.05, 0.1) is 0 Å². The van der Waals surface area contributed by atoms with Gasteiger partial charge in [0, 0.05) is 31.0 Å². The summed E-state index contributed by atoms with van der Waals surface area (Å²) in [6.45, 7) is 3.90. The Hall–Kier alpha value is -1.49. The first-order valence-electron chi connectivity index (χ1n) is 8.44. The number of rotatable bonds is 9. The van der Waals surface area contributed by atoms with Gasteiger partial charge in [0.1, 0.15) is 0 Å². The molecule has 0 aromatic heterocycles. The Morgan fingerprint density at radius 3 is 2.28 bits per heavy atom. The van der Waals surface area contributed by atoms with E-state index in [1.807, 2.05) is 59.1 Å². The lowest BCUT2D eigenvalue weighted by Gasteiger charge is -2.22. The van der Waals surface area contributed by atoms with Crippen molar-refractivity contribution >= 4 is 30.1 Å². The zero-order valence-corrected chi connectivity index (χ0v) is 16.3. The van der Waals surface area contributed by atoms with Crippen molar-refractivity contribution in [2.75, 3.05) is 25.4 Å². The fourth-order valence-corrected chi connectivity index (χ4v) is 3.16. The molecule has 0 spiro atoms. The van der Waals surface area contributed by atoms with Gasteiger partial charge in [-0.25, -0.2) is 0 Å². The average Bonchev–Trinajstić information content (AvgIpc) is 2.64. The molecule has 3 nitrogen and oxygen atoms in total. The highest BCUT2D eigenvalue weighted by Crippen LogP contribution is 2.14. The van der Waals surface area contributed by atoms with Gasteiger partial charge in [0.25, 0.3) is 5.91 Å². The summed E-state index contributed by atoms with van der Waals surface area (Å²) in [6, 6.07) is 18.2. The maximum Gasteiger partial charge on any atom is 0.253 e. The number of carbonyl (C=O) groups is 1. The summed E-state index contributed by atoms with van der Waals surface area (Å²) >= 11 is 1.88. The molecule has 25 heavy (non-hydrogen) atoms. The lowest BCUT2D eigenvalue weighted by atomic mass is 10.1. The molecule has 2 N–H and O–H groups in total. The van der Waals surface area contributed by atoms with Crippen molar-refractivity contribution in [3.05, 3.63) is 71.3 Å². The zero-order valence-electron chi connectivity index (χ0n) is 14.7. The molecule has 5 heteroatoms. The van der Waals surface area contributed by atoms with Gasteiger partial charge >= 0.3 is 0 Å². The SMILES string of the molecule is CCSCc1ccc(C(=O)N(CCN)CCc2ccccc2)cc1.Cl. The van der Waals surface area contributed by atoms with E-state index in [2.05, 4.69) is 19.1 Å². The minimum absolute atomic E-state index is 0. The van der Waals surface area contributed by atoms with Gasteiger partial charge in [0.2, 0.25) is 0 Å². The van der Waals surface area contributed by atoms with Crippen LogP contribution in [0.15, 0.2) is 54.6 Å². The molecular weight excluding hydrogens is 352 g/mol. The smallest absolute Gasteiger partial charge is 0.253 e. The largest absolute Gasteiger partial charge is 0.337 e. The minimum atomic E-state index is 0. The van der Waals surface area contributed by atoms with E-state index in [1.165, 1.54) is 11.1 Å². The molecule has 2 aromatic carbocycles. The van der Waals surface area contributed by atoms with Gasteiger partial charge in [-0.2, -0.15) is 11.8 Å². The molecule has 0 aliphatic heterocycles. The van der Waals surface area contributed by atoms with Crippen molar-refractivity contribution in [3.63, 3.8) is 0 Å². The topological polar surface area (TPSA) is 46.3 Å².